The molecule has 1 heteroatoms. The van der Waals surface area contributed by atoms with Gasteiger partial charge in [-0.2, -0.15) is 0 Å². The van der Waals surface area contributed by atoms with Crippen LogP contribution in [0.3, 0.4) is 0 Å². The van der Waals surface area contributed by atoms with Crippen LogP contribution in [0, 0.1) is 5.41 Å². The highest BCUT2D eigenvalue weighted by Gasteiger charge is 2.38. The Morgan fingerprint density at radius 3 is 1.92 bits per heavy atom. The predicted octanol–water partition coefficient (Wildman–Crippen LogP) is 3.30. The molecule has 0 aromatic rings. The minimum Gasteiger partial charge on any atom is -0.298 e. The third-order valence-corrected chi connectivity index (χ3v) is 3.89. The normalized spacial score (nSPS) is 23.8. The summed E-state index contributed by atoms with van der Waals surface area (Å²) < 4.78 is 0. The van der Waals surface area contributed by atoms with Crippen LogP contribution in [0.1, 0.15) is 53.9 Å². The van der Waals surface area contributed by atoms with Gasteiger partial charge >= 0.3 is 0 Å². The fourth-order valence-corrected chi connectivity index (χ4v) is 2.33. The summed E-state index contributed by atoms with van der Waals surface area (Å²) in [4.78, 5) is 2.64. The van der Waals surface area contributed by atoms with E-state index in [2.05, 4.69) is 39.5 Å². The first-order valence-electron chi connectivity index (χ1n) is 5.68. The van der Waals surface area contributed by atoms with E-state index in [1.54, 1.807) is 0 Å². The van der Waals surface area contributed by atoms with Crippen LogP contribution in [0.25, 0.3) is 0 Å². The van der Waals surface area contributed by atoms with Crippen LogP contribution in [-0.4, -0.2) is 23.5 Å². The Bertz CT molecular complexity index is 162. The third-order valence-electron chi connectivity index (χ3n) is 3.89. The molecular formula is C12H25N. The van der Waals surface area contributed by atoms with Crippen molar-refractivity contribution in [1.29, 1.82) is 0 Å². The average molecular weight is 183 g/mol. The Balaban J connectivity index is 2.62. The van der Waals surface area contributed by atoms with E-state index in [0.29, 0.717) is 11.0 Å². The Hall–Kier alpha value is -0.0400. The van der Waals surface area contributed by atoms with Gasteiger partial charge in [-0.25, -0.2) is 0 Å². The van der Waals surface area contributed by atoms with Crippen LogP contribution >= 0.6 is 0 Å². The fraction of sp³-hybridized carbons (Fsp3) is 1.00. The predicted molar refractivity (Wildman–Crippen MR) is 59.0 cm³/mol. The summed E-state index contributed by atoms with van der Waals surface area (Å²) in [5.74, 6) is 0. The second-order valence-electron chi connectivity index (χ2n) is 5.55. The minimum absolute atomic E-state index is 0.367. The number of hydrogen-bond donors (Lipinski definition) is 0. The second kappa shape index (κ2) is 3.61. The van der Waals surface area contributed by atoms with Gasteiger partial charge in [-0.05, 0) is 52.0 Å². The van der Waals surface area contributed by atoms with Gasteiger partial charge < -0.3 is 0 Å². The van der Waals surface area contributed by atoms with Gasteiger partial charge in [0, 0.05) is 12.1 Å². The van der Waals surface area contributed by atoms with Gasteiger partial charge in [0.1, 0.15) is 0 Å². The van der Waals surface area contributed by atoms with Crippen LogP contribution < -0.4 is 0 Å². The van der Waals surface area contributed by atoms with E-state index in [9.17, 15) is 0 Å². The molecule has 1 aliphatic rings. The minimum atomic E-state index is 0.367. The SMILES string of the molecule is CCC1(CC)CCN(C(C)(C)C)C1. The molecule has 1 heterocycles. The molecule has 78 valence electrons. The Labute approximate surface area is 83.5 Å². The number of rotatable bonds is 2. The van der Waals surface area contributed by atoms with Gasteiger partial charge in [0.25, 0.3) is 0 Å². The molecule has 0 aliphatic carbocycles. The quantitative estimate of drug-likeness (QED) is 0.635. The van der Waals surface area contributed by atoms with Crippen LogP contribution in [0.4, 0.5) is 0 Å². The van der Waals surface area contributed by atoms with E-state index in [0.717, 1.165) is 0 Å². The van der Waals surface area contributed by atoms with E-state index in [1.165, 1.54) is 32.4 Å². The van der Waals surface area contributed by atoms with Crippen LogP contribution in [0.15, 0.2) is 0 Å². The third kappa shape index (κ3) is 2.25. The molecule has 0 spiro atoms. The summed E-state index contributed by atoms with van der Waals surface area (Å²) in [6, 6.07) is 0. The van der Waals surface area contributed by atoms with Gasteiger partial charge in [0.2, 0.25) is 0 Å². The van der Waals surface area contributed by atoms with Gasteiger partial charge in [0.15, 0.2) is 0 Å². The lowest BCUT2D eigenvalue weighted by atomic mass is 9.82. The molecular weight excluding hydrogens is 158 g/mol. The van der Waals surface area contributed by atoms with Crippen molar-refractivity contribution in [2.75, 3.05) is 13.1 Å². The molecule has 1 fully saturated rings. The van der Waals surface area contributed by atoms with Crippen molar-refractivity contribution < 1.29 is 0 Å². The van der Waals surface area contributed by atoms with Crippen LogP contribution in [0.5, 0.6) is 0 Å². The molecule has 1 rings (SSSR count). The molecule has 0 atom stereocenters. The first kappa shape index (κ1) is 11.0. The summed E-state index contributed by atoms with van der Waals surface area (Å²) in [5.41, 5.74) is 0.999. The van der Waals surface area contributed by atoms with Crippen molar-refractivity contribution in [1.82, 2.24) is 4.90 Å². The number of hydrogen-bond acceptors (Lipinski definition) is 1. The van der Waals surface area contributed by atoms with Gasteiger partial charge in [-0.15, -0.1) is 0 Å². The standard InChI is InChI=1S/C12H25N/c1-6-12(7-2)8-9-13(10-12)11(3,4)5/h6-10H2,1-5H3. The number of likely N-dealkylation sites (tertiary alicyclic amines) is 1. The molecule has 0 aromatic carbocycles. The zero-order valence-corrected chi connectivity index (χ0v) is 9.98. The summed E-state index contributed by atoms with van der Waals surface area (Å²) >= 11 is 0. The number of nitrogens with zero attached hydrogens (tertiary/aromatic N) is 1. The topological polar surface area (TPSA) is 3.24 Å². The Morgan fingerprint density at radius 1 is 1.15 bits per heavy atom. The highest BCUT2D eigenvalue weighted by atomic mass is 15.2. The summed E-state index contributed by atoms with van der Waals surface area (Å²) in [6.07, 6.45) is 4.09. The lowest BCUT2D eigenvalue weighted by Gasteiger charge is -2.34. The fourth-order valence-electron chi connectivity index (χ4n) is 2.33. The Morgan fingerprint density at radius 2 is 1.69 bits per heavy atom. The van der Waals surface area contributed by atoms with E-state index >= 15 is 0 Å². The van der Waals surface area contributed by atoms with Crippen LogP contribution in [-0.2, 0) is 0 Å². The van der Waals surface area contributed by atoms with Gasteiger partial charge in [-0.1, -0.05) is 13.8 Å². The maximum absolute atomic E-state index is 2.64. The lowest BCUT2D eigenvalue weighted by molar-refractivity contribution is 0.144. The summed E-state index contributed by atoms with van der Waals surface area (Å²) in [7, 11) is 0. The Kier molecular flexibility index (Phi) is 3.06. The molecule has 1 saturated heterocycles. The molecule has 0 saturated carbocycles. The first-order valence-corrected chi connectivity index (χ1v) is 5.68. The zero-order chi connectivity index (χ0) is 10.1. The molecule has 0 bridgehead atoms. The molecule has 0 unspecified atom stereocenters. The molecule has 13 heavy (non-hydrogen) atoms. The highest BCUT2D eigenvalue weighted by molar-refractivity contribution is 4.92. The zero-order valence-electron chi connectivity index (χ0n) is 9.98. The summed E-state index contributed by atoms with van der Waals surface area (Å²) in [5, 5.41) is 0. The molecule has 0 radical (unpaired) electrons. The van der Waals surface area contributed by atoms with E-state index in [4.69, 9.17) is 0 Å². The molecule has 1 aliphatic heterocycles. The van der Waals surface area contributed by atoms with E-state index in [-0.39, 0.29) is 0 Å². The molecule has 0 N–H and O–H groups in total. The smallest absolute Gasteiger partial charge is 0.0125 e. The van der Waals surface area contributed by atoms with E-state index < -0.39 is 0 Å². The monoisotopic (exact) mass is 183 g/mol. The van der Waals surface area contributed by atoms with Crippen molar-refractivity contribution in [2.45, 2.75) is 59.4 Å². The lowest BCUT2D eigenvalue weighted by Crippen LogP contribution is -2.40. The van der Waals surface area contributed by atoms with Crippen molar-refractivity contribution in [3.63, 3.8) is 0 Å². The molecule has 0 amide bonds. The summed E-state index contributed by atoms with van der Waals surface area (Å²) in [6.45, 7) is 14.3. The van der Waals surface area contributed by atoms with Crippen molar-refractivity contribution in [3.8, 4) is 0 Å². The van der Waals surface area contributed by atoms with Gasteiger partial charge in [0.05, 0.1) is 0 Å². The first-order chi connectivity index (χ1) is 5.93. The maximum Gasteiger partial charge on any atom is 0.0125 e. The van der Waals surface area contributed by atoms with Crippen molar-refractivity contribution in [3.05, 3.63) is 0 Å². The van der Waals surface area contributed by atoms with E-state index in [1.807, 2.05) is 0 Å². The largest absolute Gasteiger partial charge is 0.298 e. The highest BCUT2D eigenvalue weighted by Crippen LogP contribution is 2.39. The molecule has 0 aromatic heterocycles. The average Bonchev–Trinajstić information content (AvgIpc) is 2.48. The van der Waals surface area contributed by atoms with Gasteiger partial charge in [-0.3, -0.25) is 4.90 Å². The maximum atomic E-state index is 2.64. The van der Waals surface area contributed by atoms with Crippen LogP contribution in [0.2, 0.25) is 0 Å². The van der Waals surface area contributed by atoms with Crippen molar-refractivity contribution >= 4 is 0 Å². The second-order valence-corrected chi connectivity index (χ2v) is 5.55. The van der Waals surface area contributed by atoms with Crippen molar-refractivity contribution in [2.24, 2.45) is 5.41 Å². The molecule has 1 nitrogen and oxygen atoms in total.